The molecule has 0 aliphatic heterocycles. The van der Waals surface area contributed by atoms with Gasteiger partial charge in [-0.15, -0.1) is 0 Å². The van der Waals surface area contributed by atoms with E-state index in [1.807, 2.05) is 36.5 Å². The highest BCUT2D eigenvalue weighted by atomic mass is 16.5. The molecule has 1 heterocycles. The third-order valence-electron chi connectivity index (χ3n) is 1.95. The van der Waals surface area contributed by atoms with Crippen LogP contribution in [0.4, 0.5) is 0 Å². The summed E-state index contributed by atoms with van der Waals surface area (Å²) in [4.78, 5) is 4.17. The summed E-state index contributed by atoms with van der Waals surface area (Å²) < 4.78 is 5.33. The van der Waals surface area contributed by atoms with Gasteiger partial charge in [0, 0.05) is 17.6 Å². The average molecular weight is 185 g/mol. The molecule has 0 amide bonds. The molecule has 70 valence electrons. The first-order valence-electron chi connectivity index (χ1n) is 4.48. The lowest BCUT2D eigenvalue weighted by molar-refractivity contribution is 0.349. The molecule has 0 bridgehead atoms. The number of fused-ring (bicyclic) bond motifs is 1. The maximum absolute atomic E-state index is 5.33. The number of pyridine rings is 1. The summed E-state index contributed by atoms with van der Waals surface area (Å²) >= 11 is 0. The summed E-state index contributed by atoms with van der Waals surface area (Å²) in [7, 11) is 0. The smallest absolute Gasteiger partial charge is 0.214 e. The van der Waals surface area contributed by atoms with Gasteiger partial charge in [0.1, 0.15) is 6.61 Å². The second-order valence-corrected chi connectivity index (χ2v) is 2.97. The van der Waals surface area contributed by atoms with Crippen LogP contribution >= 0.6 is 0 Å². The third kappa shape index (κ3) is 1.74. The Balaban J connectivity index is 2.36. The monoisotopic (exact) mass is 185 g/mol. The van der Waals surface area contributed by atoms with Gasteiger partial charge in [-0.3, -0.25) is 0 Å². The second-order valence-electron chi connectivity index (χ2n) is 2.97. The number of rotatable bonds is 3. The fourth-order valence-electron chi connectivity index (χ4n) is 1.29. The molecule has 0 saturated heterocycles. The van der Waals surface area contributed by atoms with E-state index >= 15 is 0 Å². The predicted octanol–water partition coefficient (Wildman–Crippen LogP) is 2.80. The Labute approximate surface area is 82.9 Å². The SMILES string of the molecule is C=CCOc1cc2ccccc2cn1. The molecule has 0 unspecified atom stereocenters. The fourth-order valence-corrected chi connectivity index (χ4v) is 1.29. The zero-order valence-electron chi connectivity index (χ0n) is 7.81. The van der Waals surface area contributed by atoms with E-state index in [1.165, 1.54) is 0 Å². The van der Waals surface area contributed by atoms with Crippen molar-refractivity contribution in [3.05, 3.63) is 49.2 Å². The van der Waals surface area contributed by atoms with Crippen LogP contribution in [0.3, 0.4) is 0 Å². The van der Waals surface area contributed by atoms with Crippen molar-refractivity contribution in [3.8, 4) is 5.88 Å². The van der Waals surface area contributed by atoms with Gasteiger partial charge >= 0.3 is 0 Å². The van der Waals surface area contributed by atoms with Gasteiger partial charge in [-0.2, -0.15) is 0 Å². The molecular weight excluding hydrogens is 174 g/mol. The van der Waals surface area contributed by atoms with E-state index in [4.69, 9.17) is 4.74 Å². The maximum atomic E-state index is 5.33. The van der Waals surface area contributed by atoms with E-state index in [0.717, 1.165) is 10.8 Å². The molecule has 0 saturated carbocycles. The molecule has 2 rings (SSSR count). The van der Waals surface area contributed by atoms with Crippen LogP contribution in [0.1, 0.15) is 0 Å². The highest BCUT2D eigenvalue weighted by Crippen LogP contribution is 2.17. The summed E-state index contributed by atoms with van der Waals surface area (Å²) in [6, 6.07) is 9.99. The molecule has 2 aromatic rings. The molecule has 1 aromatic carbocycles. The van der Waals surface area contributed by atoms with Gasteiger partial charge < -0.3 is 4.74 Å². The number of aromatic nitrogens is 1. The van der Waals surface area contributed by atoms with Crippen LogP contribution in [0, 0.1) is 0 Å². The molecule has 1 aromatic heterocycles. The Bertz CT molecular complexity index is 451. The normalized spacial score (nSPS) is 10.0. The van der Waals surface area contributed by atoms with E-state index in [-0.39, 0.29) is 0 Å². The van der Waals surface area contributed by atoms with Gasteiger partial charge in [-0.05, 0) is 5.39 Å². The van der Waals surface area contributed by atoms with Crippen molar-refractivity contribution in [2.45, 2.75) is 0 Å². The topological polar surface area (TPSA) is 22.1 Å². The standard InChI is InChI=1S/C12H11NO/c1-2-7-14-12-8-10-5-3-4-6-11(10)9-13-12/h2-6,8-9H,1,7H2. The van der Waals surface area contributed by atoms with Gasteiger partial charge in [-0.1, -0.05) is 36.9 Å². The molecule has 0 N–H and O–H groups in total. The van der Waals surface area contributed by atoms with E-state index in [9.17, 15) is 0 Å². The second kappa shape index (κ2) is 3.92. The average Bonchev–Trinajstić information content (AvgIpc) is 2.26. The van der Waals surface area contributed by atoms with Gasteiger partial charge in [0.05, 0.1) is 0 Å². The lowest BCUT2D eigenvalue weighted by Gasteiger charge is -2.02. The lowest BCUT2D eigenvalue weighted by atomic mass is 10.2. The van der Waals surface area contributed by atoms with E-state index in [1.54, 1.807) is 6.08 Å². The molecule has 0 aliphatic rings. The first-order chi connectivity index (χ1) is 6.90. The molecular formula is C12H11NO. The van der Waals surface area contributed by atoms with Crippen molar-refractivity contribution in [1.82, 2.24) is 4.98 Å². The summed E-state index contributed by atoms with van der Waals surface area (Å²) in [6.45, 7) is 4.08. The molecule has 0 radical (unpaired) electrons. The Kier molecular flexibility index (Phi) is 2.45. The van der Waals surface area contributed by atoms with Crippen LogP contribution in [0.15, 0.2) is 49.2 Å². The summed E-state index contributed by atoms with van der Waals surface area (Å²) in [6.07, 6.45) is 3.52. The molecule has 0 fully saturated rings. The zero-order valence-corrected chi connectivity index (χ0v) is 7.81. The van der Waals surface area contributed by atoms with Crippen molar-refractivity contribution < 1.29 is 4.74 Å². The minimum Gasteiger partial charge on any atom is -0.473 e. The van der Waals surface area contributed by atoms with Gasteiger partial charge in [0.2, 0.25) is 5.88 Å². The molecule has 0 spiro atoms. The summed E-state index contributed by atoms with van der Waals surface area (Å²) in [5, 5.41) is 2.26. The number of benzene rings is 1. The quantitative estimate of drug-likeness (QED) is 0.686. The zero-order chi connectivity index (χ0) is 9.80. The molecule has 14 heavy (non-hydrogen) atoms. The van der Waals surface area contributed by atoms with E-state index < -0.39 is 0 Å². The van der Waals surface area contributed by atoms with Crippen molar-refractivity contribution in [2.75, 3.05) is 6.61 Å². The predicted molar refractivity (Wildman–Crippen MR) is 57.4 cm³/mol. The number of hydrogen-bond donors (Lipinski definition) is 0. The number of nitrogens with zero attached hydrogens (tertiary/aromatic N) is 1. The Hall–Kier alpha value is -1.83. The minimum atomic E-state index is 0.491. The fraction of sp³-hybridized carbons (Fsp3) is 0.0833. The largest absolute Gasteiger partial charge is 0.473 e. The Morgan fingerprint density at radius 3 is 2.86 bits per heavy atom. The van der Waals surface area contributed by atoms with Crippen LogP contribution in [0.5, 0.6) is 5.88 Å². The van der Waals surface area contributed by atoms with Crippen LogP contribution in [-0.4, -0.2) is 11.6 Å². The van der Waals surface area contributed by atoms with Gasteiger partial charge in [-0.25, -0.2) is 4.98 Å². The van der Waals surface area contributed by atoms with Crippen molar-refractivity contribution >= 4 is 10.8 Å². The van der Waals surface area contributed by atoms with Crippen LogP contribution in [0.2, 0.25) is 0 Å². The molecule has 0 aliphatic carbocycles. The minimum absolute atomic E-state index is 0.491. The highest BCUT2D eigenvalue weighted by molar-refractivity contribution is 5.82. The van der Waals surface area contributed by atoms with Crippen LogP contribution in [0.25, 0.3) is 10.8 Å². The third-order valence-corrected chi connectivity index (χ3v) is 1.95. The number of ether oxygens (including phenoxy) is 1. The lowest BCUT2D eigenvalue weighted by Crippen LogP contribution is -1.94. The van der Waals surface area contributed by atoms with Crippen LogP contribution < -0.4 is 4.74 Å². The first-order valence-corrected chi connectivity index (χ1v) is 4.48. The van der Waals surface area contributed by atoms with Gasteiger partial charge in [0.25, 0.3) is 0 Å². The molecule has 2 heteroatoms. The van der Waals surface area contributed by atoms with E-state index in [0.29, 0.717) is 12.5 Å². The number of hydrogen-bond acceptors (Lipinski definition) is 2. The summed E-state index contributed by atoms with van der Waals surface area (Å²) in [5.41, 5.74) is 0. The highest BCUT2D eigenvalue weighted by Gasteiger charge is 1.96. The first kappa shape index (κ1) is 8.75. The Morgan fingerprint density at radius 2 is 2.07 bits per heavy atom. The molecule has 0 atom stereocenters. The van der Waals surface area contributed by atoms with E-state index in [2.05, 4.69) is 11.6 Å². The van der Waals surface area contributed by atoms with Crippen molar-refractivity contribution in [2.24, 2.45) is 0 Å². The Morgan fingerprint density at radius 1 is 1.29 bits per heavy atom. The van der Waals surface area contributed by atoms with Crippen molar-refractivity contribution in [3.63, 3.8) is 0 Å². The van der Waals surface area contributed by atoms with Crippen LogP contribution in [-0.2, 0) is 0 Å². The maximum Gasteiger partial charge on any atom is 0.214 e. The summed E-state index contributed by atoms with van der Waals surface area (Å²) in [5.74, 6) is 0.642. The van der Waals surface area contributed by atoms with Crippen molar-refractivity contribution in [1.29, 1.82) is 0 Å². The van der Waals surface area contributed by atoms with Gasteiger partial charge in [0.15, 0.2) is 0 Å². The molecule has 2 nitrogen and oxygen atoms in total.